The van der Waals surface area contributed by atoms with Gasteiger partial charge in [-0.15, -0.1) is 0 Å². The Morgan fingerprint density at radius 1 is 1.04 bits per heavy atom. The van der Waals surface area contributed by atoms with E-state index in [1.807, 2.05) is 36.4 Å². The van der Waals surface area contributed by atoms with E-state index < -0.39 is 0 Å². The van der Waals surface area contributed by atoms with E-state index in [0.29, 0.717) is 12.2 Å². The lowest BCUT2D eigenvalue weighted by Crippen LogP contribution is -2.28. The van der Waals surface area contributed by atoms with Gasteiger partial charge in [0.15, 0.2) is 11.5 Å². The number of rotatable bonds is 6. The normalized spacial score (nSPS) is 15.4. The van der Waals surface area contributed by atoms with E-state index >= 15 is 0 Å². The summed E-state index contributed by atoms with van der Waals surface area (Å²) in [6.07, 6.45) is 2.16. The van der Waals surface area contributed by atoms with Gasteiger partial charge in [0.2, 0.25) is 5.91 Å². The zero-order valence-corrected chi connectivity index (χ0v) is 14.8. The molecule has 3 rings (SSSR count). The molecule has 5 nitrogen and oxygen atoms in total. The number of aryl methyl sites for hydroxylation is 1. The van der Waals surface area contributed by atoms with Gasteiger partial charge in [0.05, 0.1) is 33.8 Å². The molecule has 0 spiro atoms. The van der Waals surface area contributed by atoms with Crippen LogP contribution >= 0.6 is 0 Å². The Hall–Kier alpha value is -2.69. The molecule has 0 fully saturated rings. The number of hydrogen-bond donors (Lipinski definition) is 1. The van der Waals surface area contributed by atoms with E-state index in [1.165, 1.54) is 5.56 Å². The lowest BCUT2D eigenvalue weighted by Gasteiger charge is -2.16. The number of carbonyl (C=O) groups excluding carboxylic acids is 1. The van der Waals surface area contributed by atoms with Gasteiger partial charge in [-0.2, -0.15) is 0 Å². The molecular weight excluding hydrogens is 318 g/mol. The van der Waals surface area contributed by atoms with Gasteiger partial charge in [-0.05, 0) is 53.8 Å². The molecule has 1 aliphatic carbocycles. The lowest BCUT2D eigenvalue weighted by atomic mass is 10.1. The SMILES string of the molecule is COc1ccc(CC(=O)N[C@@H]2CCc3cc(OC)c(OC)cc32)cc1. The summed E-state index contributed by atoms with van der Waals surface area (Å²) in [5, 5.41) is 3.13. The Morgan fingerprint density at radius 2 is 1.72 bits per heavy atom. The Morgan fingerprint density at radius 3 is 2.36 bits per heavy atom. The number of methoxy groups -OCH3 is 3. The molecule has 25 heavy (non-hydrogen) atoms. The Balaban J connectivity index is 1.69. The molecule has 0 saturated carbocycles. The molecule has 1 N–H and O–H groups in total. The number of hydrogen-bond acceptors (Lipinski definition) is 4. The number of carbonyl (C=O) groups is 1. The third-order valence-corrected chi connectivity index (χ3v) is 4.58. The molecule has 1 aliphatic rings. The third-order valence-electron chi connectivity index (χ3n) is 4.58. The summed E-state index contributed by atoms with van der Waals surface area (Å²) in [7, 11) is 4.88. The molecular formula is C20H23NO4. The minimum Gasteiger partial charge on any atom is -0.497 e. The van der Waals surface area contributed by atoms with Crippen LogP contribution in [0.3, 0.4) is 0 Å². The second-order valence-corrected chi connectivity index (χ2v) is 6.09. The predicted octanol–water partition coefficient (Wildman–Crippen LogP) is 3.06. The highest BCUT2D eigenvalue weighted by molar-refractivity contribution is 5.79. The van der Waals surface area contributed by atoms with E-state index in [1.54, 1.807) is 21.3 Å². The fourth-order valence-corrected chi connectivity index (χ4v) is 3.26. The van der Waals surface area contributed by atoms with E-state index in [9.17, 15) is 4.79 Å². The lowest BCUT2D eigenvalue weighted by molar-refractivity contribution is -0.121. The average molecular weight is 341 g/mol. The molecule has 132 valence electrons. The van der Waals surface area contributed by atoms with Crippen LogP contribution in [-0.2, 0) is 17.6 Å². The van der Waals surface area contributed by atoms with Crippen LogP contribution in [-0.4, -0.2) is 27.2 Å². The molecule has 0 saturated heterocycles. The zero-order chi connectivity index (χ0) is 17.8. The van der Waals surface area contributed by atoms with E-state index in [4.69, 9.17) is 14.2 Å². The fourth-order valence-electron chi connectivity index (χ4n) is 3.26. The summed E-state index contributed by atoms with van der Waals surface area (Å²) < 4.78 is 15.9. The van der Waals surface area contributed by atoms with Crippen LogP contribution < -0.4 is 19.5 Å². The summed E-state index contributed by atoms with van der Waals surface area (Å²) in [4.78, 5) is 12.4. The Labute approximate surface area is 147 Å². The minimum absolute atomic E-state index is 0.0119. The minimum atomic E-state index is 0.0119. The standard InChI is InChI=1S/C20H23NO4/c1-23-15-7-4-13(5-8-15)10-20(22)21-17-9-6-14-11-18(24-2)19(25-3)12-16(14)17/h4-5,7-8,11-12,17H,6,9-10H2,1-3H3,(H,21,22)/t17-/m1/s1. The van der Waals surface area contributed by atoms with Crippen molar-refractivity contribution in [3.05, 3.63) is 53.1 Å². The molecule has 5 heteroatoms. The van der Waals surface area contributed by atoms with Gasteiger partial charge in [-0.3, -0.25) is 4.79 Å². The molecule has 0 aromatic heterocycles. The third kappa shape index (κ3) is 3.71. The number of nitrogens with one attached hydrogen (secondary N) is 1. The first-order valence-electron chi connectivity index (χ1n) is 8.31. The van der Waals surface area contributed by atoms with Crippen LogP contribution in [0, 0.1) is 0 Å². The molecule has 0 heterocycles. The molecule has 0 bridgehead atoms. The number of benzene rings is 2. The number of ether oxygens (including phenoxy) is 3. The van der Waals surface area contributed by atoms with Crippen molar-refractivity contribution in [1.82, 2.24) is 5.32 Å². The molecule has 1 amide bonds. The van der Waals surface area contributed by atoms with Crippen LogP contribution in [0.1, 0.15) is 29.2 Å². The van der Waals surface area contributed by atoms with Gasteiger partial charge >= 0.3 is 0 Å². The van der Waals surface area contributed by atoms with Crippen molar-refractivity contribution in [2.45, 2.75) is 25.3 Å². The van der Waals surface area contributed by atoms with Crippen molar-refractivity contribution in [3.63, 3.8) is 0 Å². The summed E-state index contributed by atoms with van der Waals surface area (Å²) in [5.41, 5.74) is 3.27. The van der Waals surface area contributed by atoms with Gasteiger partial charge in [-0.1, -0.05) is 12.1 Å². The molecule has 1 atom stereocenters. The smallest absolute Gasteiger partial charge is 0.224 e. The van der Waals surface area contributed by atoms with Gasteiger partial charge in [0.25, 0.3) is 0 Å². The van der Waals surface area contributed by atoms with Gasteiger partial charge in [0, 0.05) is 0 Å². The highest BCUT2D eigenvalue weighted by Gasteiger charge is 2.26. The van der Waals surface area contributed by atoms with Gasteiger partial charge in [-0.25, -0.2) is 0 Å². The van der Waals surface area contributed by atoms with E-state index in [2.05, 4.69) is 5.32 Å². The van der Waals surface area contributed by atoms with Crippen LogP contribution in [0.2, 0.25) is 0 Å². The van der Waals surface area contributed by atoms with Crippen LogP contribution in [0.15, 0.2) is 36.4 Å². The molecule has 2 aromatic carbocycles. The van der Waals surface area contributed by atoms with Crippen molar-refractivity contribution in [2.75, 3.05) is 21.3 Å². The summed E-state index contributed by atoms with van der Waals surface area (Å²) in [5.74, 6) is 2.22. The largest absolute Gasteiger partial charge is 0.497 e. The van der Waals surface area contributed by atoms with Crippen molar-refractivity contribution in [2.24, 2.45) is 0 Å². The van der Waals surface area contributed by atoms with Crippen molar-refractivity contribution in [1.29, 1.82) is 0 Å². The van der Waals surface area contributed by atoms with Crippen molar-refractivity contribution >= 4 is 5.91 Å². The molecule has 2 aromatic rings. The zero-order valence-electron chi connectivity index (χ0n) is 14.8. The summed E-state index contributed by atoms with van der Waals surface area (Å²) >= 11 is 0. The Kier molecular flexibility index (Phi) is 5.12. The van der Waals surface area contributed by atoms with Crippen LogP contribution in [0.5, 0.6) is 17.2 Å². The average Bonchev–Trinajstić information content (AvgIpc) is 3.02. The topological polar surface area (TPSA) is 56.8 Å². The van der Waals surface area contributed by atoms with E-state index in [0.717, 1.165) is 35.5 Å². The first-order chi connectivity index (χ1) is 12.1. The number of fused-ring (bicyclic) bond motifs is 1. The predicted molar refractivity (Wildman–Crippen MR) is 95.4 cm³/mol. The second kappa shape index (κ2) is 7.47. The van der Waals surface area contributed by atoms with Gasteiger partial charge in [0.1, 0.15) is 5.75 Å². The fraction of sp³-hybridized carbons (Fsp3) is 0.350. The maximum Gasteiger partial charge on any atom is 0.224 e. The Bertz CT molecular complexity index is 755. The van der Waals surface area contributed by atoms with Crippen molar-refractivity contribution in [3.8, 4) is 17.2 Å². The van der Waals surface area contributed by atoms with Crippen LogP contribution in [0.4, 0.5) is 0 Å². The summed E-state index contributed by atoms with van der Waals surface area (Å²) in [6, 6.07) is 11.5. The first kappa shape index (κ1) is 17.1. The quantitative estimate of drug-likeness (QED) is 0.877. The van der Waals surface area contributed by atoms with Crippen LogP contribution in [0.25, 0.3) is 0 Å². The van der Waals surface area contributed by atoms with Crippen molar-refractivity contribution < 1.29 is 19.0 Å². The maximum atomic E-state index is 12.4. The molecule has 0 aliphatic heterocycles. The van der Waals surface area contributed by atoms with E-state index in [-0.39, 0.29) is 11.9 Å². The molecule has 0 radical (unpaired) electrons. The first-order valence-corrected chi connectivity index (χ1v) is 8.31. The number of amides is 1. The van der Waals surface area contributed by atoms with Gasteiger partial charge < -0.3 is 19.5 Å². The monoisotopic (exact) mass is 341 g/mol. The highest BCUT2D eigenvalue weighted by atomic mass is 16.5. The highest BCUT2D eigenvalue weighted by Crippen LogP contribution is 2.39. The maximum absolute atomic E-state index is 12.4. The molecule has 0 unspecified atom stereocenters. The summed E-state index contributed by atoms with van der Waals surface area (Å²) in [6.45, 7) is 0. The second-order valence-electron chi connectivity index (χ2n) is 6.09.